The molecule has 1 saturated heterocycles. The van der Waals surface area contributed by atoms with E-state index >= 15 is 0 Å². The molecule has 1 aromatic rings. The van der Waals surface area contributed by atoms with Gasteiger partial charge in [0.1, 0.15) is 6.54 Å². The van der Waals surface area contributed by atoms with Gasteiger partial charge < -0.3 is 10.0 Å². The van der Waals surface area contributed by atoms with E-state index in [1.54, 1.807) is 13.0 Å². The number of aliphatic hydroxyl groups is 1. The number of aryl methyl sites for hydroxylation is 1. The van der Waals surface area contributed by atoms with Gasteiger partial charge in [-0.2, -0.15) is 0 Å². The van der Waals surface area contributed by atoms with Gasteiger partial charge in [-0.05, 0) is 42.8 Å². The van der Waals surface area contributed by atoms with E-state index in [1.807, 2.05) is 31.2 Å². The van der Waals surface area contributed by atoms with Crippen LogP contribution in [-0.2, 0) is 9.59 Å². The number of rotatable bonds is 6. The Labute approximate surface area is 145 Å². The van der Waals surface area contributed by atoms with Crippen molar-refractivity contribution in [3.8, 4) is 0 Å². The van der Waals surface area contributed by atoms with Gasteiger partial charge >= 0.3 is 0 Å². The van der Waals surface area contributed by atoms with E-state index in [1.165, 1.54) is 4.90 Å². The van der Waals surface area contributed by atoms with Gasteiger partial charge in [-0.3, -0.25) is 19.3 Å². The molecule has 0 aliphatic carbocycles. The van der Waals surface area contributed by atoms with E-state index in [9.17, 15) is 14.4 Å². The van der Waals surface area contributed by atoms with Crippen molar-refractivity contribution in [2.75, 3.05) is 26.2 Å². The Morgan fingerprint density at radius 1 is 1.33 bits per heavy atom. The van der Waals surface area contributed by atoms with Crippen LogP contribution < -0.4 is 0 Å². The van der Waals surface area contributed by atoms with Gasteiger partial charge in [0.2, 0.25) is 5.91 Å². The van der Waals surface area contributed by atoms with Crippen LogP contribution in [0.4, 0.5) is 4.79 Å². The molecule has 24 heavy (non-hydrogen) atoms. The van der Waals surface area contributed by atoms with Crippen molar-refractivity contribution < 1.29 is 19.5 Å². The lowest BCUT2D eigenvalue weighted by Crippen LogP contribution is -2.43. The van der Waals surface area contributed by atoms with Crippen LogP contribution in [-0.4, -0.2) is 58.2 Å². The first-order valence-electron chi connectivity index (χ1n) is 7.67. The van der Waals surface area contributed by atoms with Gasteiger partial charge in [-0.15, -0.1) is 0 Å². The molecule has 0 aromatic heterocycles. The molecular weight excluding hydrogens is 328 g/mol. The maximum atomic E-state index is 12.4. The predicted octanol–water partition coefficient (Wildman–Crippen LogP) is 1.87. The van der Waals surface area contributed by atoms with E-state index in [0.717, 1.165) is 27.8 Å². The number of nitrogens with zero attached hydrogens (tertiary/aromatic N) is 2. The molecule has 128 valence electrons. The van der Waals surface area contributed by atoms with Crippen LogP contribution in [0, 0.1) is 6.92 Å². The van der Waals surface area contributed by atoms with E-state index in [2.05, 4.69) is 0 Å². The molecule has 0 bridgehead atoms. The minimum atomic E-state index is -0.457. The first-order chi connectivity index (χ1) is 11.5. The number of hydrogen-bond acceptors (Lipinski definition) is 5. The van der Waals surface area contributed by atoms with Gasteiger partial charge in [0.15, 0.2) is 0 Å². The third-order valence-corrected chi connectivity index (χ3v) is 4.65. The zero-order valence-corrected chi connectivity index (χ0v) is 14.5. The predicted molar refractivity (Wildman–Crippen MR) is 93.2 cm³/mol. The minimum Gasteiger partial charge on any atom is -0.395 e. The molecule has 2 rings (SSSR count). The Morgan fingerprint density at radius 2 is 2.04 bits per heavy atom. The van der Waals surface area contributed by atoms with Gasteiger partial charge in [0, 0.05) is 13.1 Å². The molecule has 1 aliphatic rings. The molecule has 0 radical (unpaired) electrons. The van der Waals surface area contributed by atoms with Crippen LogP contribution in [0.1, 0.15) is 18.1 Å². The third-order valence-electron chi connectivity index (χ3n) is 3.75. The molecule has 0 saturated carbocycles. The molecule has 0 unspecified atom stereocenters. The zero-order valence-electron chi connectivity index (χ0n) is 13.7. The number of imide groups is 1. The topological polar surface area (TPSA) is 77.9 Å². The average molecular weight is 348 g/mol. The smallest absolute Gasteiger partial charge is 0.294 e. The summed E-state index contributed by atoms with van der Waals surface area (Å²) >= 11 is 0.838. The van der Waals surface area contributed by atoms with Crippen molar-refractivity contribution in [1.82, 2.24) is 9.80 Å². The largest absolute Gasteiger partial charge is 0.395 e. The number of carbonyl (C=O) groups excluding carboxylic acids is 3. The first-order valence-corrected chi connectivity index (χ1v) is 8.49. The molecule has 1 aromatic carbocycles. The van der Waals surface area contributed by atoms with Gasteiger partial charge in [0.25, 0.3) is 11.1 Å². The molecule has 0 spiro atoms. The second-order valence-electron chi connectivity index (χ2n) is 5.32. The number of amides is 3. The number of carbonyl (C=O) groups is 3. The Morgan fingerprint density at radius 3 is 2.67 bits per heavy atom. The molecule has 1 fully saturated rings. The molecule has 1 aliphatic heterocycles. The molecule has 7 heteroatoms. The summed E-state index contributed by atoms with van der Waals surface area (Å²) in [7, 11) is 0. The number of benzene rings is 1. The highest BCUT2D eigenvalue weighted by molar-refractivity contribution is 8.18. The number of thioether (sulfide) groups is 1. The highest BCUT2D eigenvalue weighted by Gasteiger charge is 2.37. The van der Waals surface area contributed by atoms with Gasteiger partial charge in [-0.25, -0.2) is 0 Å². The van der Waals surface area contributed by atoms with Crippen molar-refractivity contribution in [2.24, 2.45) is 0 Å². The first kappa shape index (κ1) is 18.2. The summed E-state index contributed by atoms with van der Waals surface area (Å²) in [5.41, 5.74) is 1.87. The number of likely N-dealkylation sites (N-methyl/N-ethyl adjacent to an activating group) is 1. The fourth-order valence-electron chi connectivity index (χ4n) is 2.34. The summed E-state index contributed by atoms with van der Waals surface area (Å²) in [5.74, 6) is -0.812. The highest BCUT2D eigenvalue weighted by Crippen LogP contribution is 2.32. The van der Waals surface area contributed by atoms with Crippen molar-refractivity contribution in [1.29, 1.82) is 0 Å². The van der Waals surface area contributed by atoms with Crippen LogP contribution in [0.3, 0.4) is 0 Å². The van der Waals surface area contributed by atoms with Crippen LogP contribution in [0.25, 0.3) is 6.08 Å². The monoisotopic (exact) mass is 348 g/mol. The Bertz CT molecular complexity index is 687. The van der Waals surface area contributed by atoms with Gasteiger partial charge in [-0.1, -0.05) is 24.3 Å². The third kappa shape index (κ3) is 4.04. The molecule has 1 N–H and O–H groups in total. The van der Waals surface area contributed by atoms with E-state index < -0.39 is 11.1 Å². The average Bonchev–Trinajstić information content (AvgIpc) is 2.82. The number of hydrogen-bond donors (Lipinski definition) is 1. The maximum absolute atomic E-state index is 12.4. The maximum Gasteiger partial charge on any atom is 0.294 e. The second kappa shape index (κ2) is 8.12. The number of aliphatic hydroxyl groups excluding tert-OH is 1. The lowest BCUT2D eigenvalue weighted by Gasteiger charge is -2.22. The normalized spacial score (nSPS) is 16.1. The molecule has 0 atom stereocenters. The van der Waals surface area contributed by atoms with Crippen molar-refractivity contribution in [3.63, 3.8) is 0 Å². The zero-order chi connectivity index (χ0) is 17.7. The Balaban J connectivity index is 2.14. The summed E-state index contributed by atoms with van der Waals surface area (Å²) in [6.07, 6.45) is 1.68. The van der Waals surface area contributed by atoms with Crippen molar-refractivity contribution in [3.05, 3.63) is 40.3 Å². The second-order valence-corrected chi connectivity index (χ2v) is 6.31. The fraction of sp³-hybridized carbons (Fsp3) is 0.353. The van der Waals surface area contributed by atoms with Crippen molar-refractivity contribution >= 4 is 34.9 Å². The van der Waals surface area contributed by atoms with E-state index in [4.69, 9.17) is 5.11 Å². The molecular formula is C17H20N2O4S. The van der Waals surface area contributed by atoms with Crippen LogP contribution in [0.5, 0.6) is 0 Å². The van der Waals surface area contributed by atoms with E-state index in [0.29, 0.717) is 11.4 Å². The lowest BCUT2D eigenvalue weighted by atomic mass is 10.1. The lowest BCUT2D eigenvalue weighted by molar-refractivity contribution is -0.136. The summed E-state index contributed by atoms with van der Waals surface area (Å²) < 4.78 is 0. The Kier molecular flexibility index (Phi) is 6.16. The molecule has 1 heterocycles. The summed E-state index contributed by atoms with van der Waals surface area (Å²) in [4.78, 5) is 39.4. The fourth-order valence-corrected chi connectivity index (χ4v) is 3.17. The summed E-state index contributed by atoms with van der Waals surface area (Å²) in [6.45, 7) is 3.84. The Hall–Kier alpha value is -2.12. The molecule has 6 nitrogen and oxygen atoms in total. The van der Waals surface area contributed by atoms with Crippen LogP contribution in [0.15, 0.2) is 29.2 Å². The van der Waals surface area contributed by atoms with E-state index in [-0.39, 0.29) is 25.6 Å². The SMILES string of the molecule is CCN(CCO)C(=O)CN1C(=O)S/C(=C\c2ccccc2C)C1=O. The summed E-state index contributed by atoms with van der Waals surface area (Å²) in [5, 5.41) is 8.51. The standard InChI is InChI=1S/C17H20N2O4S/c1-3-18(8-9-20)15(21)11-19-16(22)14(24-17(19)23)10-13-7-5-4-6-12(13)2/h4-7,10,20H,3,8-9,11H2,1-2H3/b14-10-. The highest BCUT2D eigenvalue weighted by atomic mass is 32.2. The van der Waals surface area contributed by atoms with Crippen LogP contribution in [0.2, 0.25) is 0 Å². The quantitative estimate of drug-likeness (QED) is 0.794. The van der Waals surface area contributed by atoms with Gasteiger partial charge in [0.05, 0.1) is 11.5 Å². The van der Waals surface area contributed by atoms with Crippen LogP contribution >= 0.6 is 11.8 Å². The summed E-state index contributed by atoms with van der Waals surface area (Å²) in [6, 6.07) is 7.56. The minimum absolute atomic E-state index is 0.158. The van der Waals surface area contributed by atoms with Crippen molar-refractivity contribution in [2.45, 2.75) is 13.8 Å². The molecule has 3 amide bonds.